The molecule has 0 radical (unpaired) electrons. The first-order valence-corrected chi connectivity index (χ1v) is 14.6. The van der Waals surface area contributed by atoms with E-state index in [0.29, 0.717) is 11.5 Å². The molecule has 0 aromatic heterocycles. The Morgan fingerprint density at radius 3 is 2.09 bits per heavy atom. The van der Waals surface area contributed by atoms with Gasteiger partial charge in [0.25, 0.3) is 0 Å². The fourth-order valence-corrected chi connectivity index (χ4v) is 8.11. The van der Waals surface area contributed by atoms with E-state index < -0.39 is 0 Å². The summed E-state index contributed by atoms with van der Waals surface area (Å²) in [6.07, 6.45) is 21.9. The van der Waals surface area contributed by atoms with Crippen LogP contribution in [0.3, 0.4) is 0 Å². The van der Waals surface area contributed by atoms with Crippen molar-refractivity contribution in [1.82, 2.24) is 9.80 Å². The van der Waals surface area contributed by atoms with Crippen LogP contribution in [0.5, 0.6) is 0 Å². The van der Waals surface area contributed by atoms with E-state index in [1.165, 1.54) is 115 Å². The molecule has 2 atom stereocenters. The molecule has 4 fully saturated rings. The number of hydrogen-bond donors (Lipinski definition) is 0. The Bertz CT molecular complexity index is 629. The normalized spacial score (nSPS) is 35.3. The second kappa shape index (κ2) is 9.87. The van der Waals surface area contributed by atoms with Crippen molar-refractivity contribution in [2.24, 2.45) is 34.1 Å². The maximum absolute atomic E-state index is 5.26. The molecule has 0 spiro atoms. The third kappa shape index (κ3) is 5.02. The lowest BCUT2D eigenvalue weighted by molar-refractivity contribution is 0.122. The average molecular weight is 442 g/mol. The van der Waals surface area contributed by atoms with Crippen molar-refractivity contribution in [2.75, 3.05) is 19.6 Å². The van der Waals surface area contributed by atoms with E-state index in [2.05, 4.69) is 30.6 Å². The van der Waals surface area contributed by atoms with Crippen molar-refractivity contribution in [2.45, 2.75) is 129 Å². The summed E-state index contributed by atoms with van der Waals surface area (Å²) in [5.41, 5.74) is 0.488. The molecule has 0 bridgehead atoms. The van der Waals surface area contributed by atoms with Crippen LogP contribution in [-0.2, 0) is 0 Å². The number of nitrogens with zero attached hydrogens (tertiary/aromatic N) is 3. The lowest BCUT2D eigenvalue weighted by Gasteiger charge is -2.40. The van der Waals surface area contributed by atoms with Crippen LogP contribution in [-0.4, -0.2) is 47.5 Å². The molecule has 2 heterocycles. The molecule has 3 heteroatoms. The highest BCUT2D eigenvalue weighted by molar-refractivity contribution is 5.84. The molecule has 2 aliphatic heterocycles. The molecular formula is C29H51N3. The number of hydrogen-bond acceptors (Lipinski definition) is 3. The quantitative estimate of drug-likeness (QED) is 0.452. The van der Waals surface area contributed by atoms with Crippen LogP contribution in [0.4, 0.5) is 0 Å². The predicted octanol–water partition coefficient (Wildman–Crippen LogP) is 7.11. The van der Waals surface area contributed by atoms with Crippen LogP contribution in [0.15, 0.2) is 4.99 Å². The van der Waals surface area contributed by atoms with Crippen molar-refractivity contribution < 1.29 is 0 Å². The van der Waals surface area contributed by atoms with Gasteiger partial charge in [0.2, 0.25) is 0 Å². The zero-order valence-corrected chi connectivity index (χ0v) is 21.5. The Kier molecular flexibility index (Phi) is 7.10. The van der Waals surface area contributed by atoms with E-state index in [-0.39, 0.29) is 0 Å². The first kappa shape index (κ1) is 23.0. The monoisotopic (exact) mass is 441 g/mol. The zero-order chi connectivity index (χ0) is 22.1. The summed E-state index contributed by atoms with van der Waals surface area (Å²) < 4.78 is 0. The zero-order valence-electron chi connectivity index (χ0n) is 21.5. The Labute approximate surface area is 198 Å². The lowest BCUT2D eigenvalue weighted by atomic mass is 9.69. The molecular weight excluding hydrogens is 390 g/mol. The molecule has 0 unspecified atom stereocenters. The van der Waals surface area contributed by atoms with Crippen LogP contribution >= 0.6 is 0 Å². The Morgan fingerprint density at radius 1 is 0.781 bits per heavy atom. The molecule has 0 amide bonds. The van der Waals surface area contributed by atoms with E-state index in [0.717, 1.165) is 36.3 Å². The molecule has 3 saturated carbocycles. The van der Waals surface area contributed by atoms with Crippen LogP contribution < -0.4 is 0 Å². The molecule has 1 saturated heterocycles. The summed E-state index contributed by atoms with van der Waals surface area (Å²) in [4.78, 5) is 10.9. The topological polar surface area (TPSA) is 18.8 Å². The Hall–Kier alpha value is -0.730. The average Bonchev–Trinajstić information content (AvgIpc) is 3.35. The van der Waals surface area contributed by atoms with Gasteiger partial charge in [0, 0.05) is 13.1 Å². The van der Waals surface area contributed by atoms with Gasteiger partial charge in [0.05, 0.1) is 18.6 Å². The third-order valence-electron chi connectivity index (χ3n) is 10.2. The fraction of sp³-hybridized carbons (Fsp3) is 0.966. The van der Waals surface area contributed by atoms with E-state index in [4.69, 9.17) is 4.99 Å². The Balaban J connectivity index is 1.25. The minimum Gasteiger partial charge on any atom is -0.338 e. The molecule has 3 nitrogen and oxygen atoms in total. The summed E-state index contributed by atoms with van der Waals surface area (Å²) in [7, 11) is 0. The van der Waals surface area contributed by atoms with Gasteiger partial charge in [-0.05, 0) is 74.0 Å². The van der Waals surface area contributed by atoms with Gasteiger partial charge in [-0.3, -0.25) is 4.99 Å². The van der Waals surface area contributed by atoms with Gasteiger partial charge in [0.15, 0.2) is 5.96 Å². The molecule has 0 aromatic carbocycles. The van der Waals surface area contributed by atoms with Crippen LogP contribution in [0, 0.1) is 29.1 Å². The summed E-state index contributed by atoms with van der Waals surface area (Å²) >= 11 is 0. The number of fused-ring (bicyclic) bond motifs is 1. The standard InChI is InChI=1S/C29H51N3/c1-29(2,3)25-16-14-23(15-17-25)20-32-27(24-12-8-5-9-13-24)21-31-26(19-30-28(31)32)18-22-10-6-4-7-11-22/h22-27H,4-21H2,1-3H3/t23?,25?,26-,27-/m1/s1. The number of rotatable bonds is 5. The largest absolute Gasteiger partial charge is 0.338 e. The van der Waals surface area contributed by atoms with E-state index in [9.17, 15) is 0 Å². The van der Waals surface area contributed by atoms with E-state index in [1.807, 2.05) is 0 Å². The summed E-state index contributed by atoms with van der Waals surface area (Å²) in [6, 6.07) is 1.46. The summed E-state index contributed by atoms with van der Waals surface area (Å²) in [5.74, 6) is 5.13. The smallest absolute Gasteiger partial charge is 0.197 e. The highest BCUT2D eigenvalue weighted by atomic mass is 15.5. The van der Waals surface area contributed by atoms with Gasteiger partial charge in [-0.1, -0.05) is 72.1 Å². The Morgan fingerprint density at radius 2 is 1.44 bits per heavy atom. The lowest BCUT2D eigenvalue weighted by Crippen LogP contribution is -2.43. The molecule has 0 aromatic rings. The minimum absolute atomic E-state index is 0.488. The maximum Gasteiger partial charge on any atom is 0.197 e. The first-order valence-electron chi connectivity index (χ1n) is 14.6. The van der Waals surface area contributed by atoms with Gasteiger partial charge in [-0.25, -0.2) is 0 Å². The maximum atomic E-state index is 5.26. The third-order valence-corrected chi connectivity index (χ3v) is 10.2. The fourth-order valence-electron chi connectivity index (χ4n) is 8.11. The minimum atomic E-state index is 0.488. The predicted molar refractivity (Wildman–Crippen MR) is 136 cm³/mol. The van der Waals surface area contributed by atoms with Crippen LogP contribution in [0.1, 0.15) is 117 Å². The first-order chi connectivity index (χ1) is 15.5. The van der Waals surface area contributed by atoms with Crippen LogP contribution in [0.2, 0.25) is 0 Å². The van der Waals surface area contributed by atoms with Crippen molar-refractivity contribution in [3.8, 4) is 0 Å². The molecule has 5 rings (SSSR count). The van der Waals surface area contributed by atoms with Crippen molar-refractivity contribution >= 4 is 5.96 Å². The van der Waals surface area contributed by atoms with Crippen molar-refractivity contribution in [1.29, 1.82) is 0 Å². The van der Waals surface area contributed by atoms with Gasteiger partial charge in [0.1, 0.15) is 0 Å². The number of guanidine groups is 1. The summed E-state index contributed by atoms with van der Waals surface area (Å²) in [5, 5.41) is 0. The summed E-state index contributed by atoms with van der Waals surface area (Å²) in [6.45, 7) is 11.0. The van der Waals surface area contributed by atoms with Crippen molar-refractivity contribution in [3.05, 3.63) is 0 Å². The van der Waals surface area contributed by atoms with Gasteiger partial charge < -0.3 is 9.80 Å². The molecule has 0 N–H and O–H groups in total. The second-order valence-electron chi connectivity index (χ2n) is 13.4. The van der Waals surface area contributed by atoms with Crippen molar-refractivity contribution in [3.63, 3.8) is 0 Å². The second-order valence-corrected chi connectivity index (χ2v) is 13.4. The highest BCUT2D eigenvalue weighted by Crippen LogP contribution is 2.42. The van der Waals surface area contributed by atoms with Crippen LogP contribution in [0.25, 0.3) is 0 Å². The molecule has 5 aliphatic rings. The van der Waals surface area contributed by atoms with E-state index >= 15 is 0 Å². The molecule has 182 valence electrons. The molecule has 32 heavy (non-hydrogen) atoms. The SMILES string of the molecule is CC(C)(C)C1CCC(CN2C3=NC[C@@H](CC4CCCCC4)N3C[C@@H]2C2CCCCC2)CC1. The van der Waals surface area contributed by atoms with E-state index in [1.54, 1.807) is 0 Å². The van der Waals surface area contributed by atoms with Gasteiger partial charge >= 0.3 is 0 Å². The number of aliphatic imine (C=N–C) groups is 1. The van der Waals surface area contributed by atoms with Gasteiger partial charge in [-0.15, -0.1) is 0 Å². The van der Waals surface area contributed by atoms with Gasteiger partial charge in [-0.2, -0.15) is 0 Å². The highest BCUT2D eigenvalue weighted by Gasteiger charge is 2.46. The molecule has 3 aliphatic carbocycles.